The van der Waals surface area contributed by atoms with Crippen molar-refractivity contribution in [3.63, 3.8) is 0 Å². The van der Waals surface area contributed by atoms with Gasteiger partial charge in [0.15, 0.2) is 0 Å². The van der Waals surface area contributed by atoms with E-state index in [-0.39, 0.29) is 36.1 Å². The lowest BCUT2D eigenvalue weighted by Crippen LogP contribution is -2.51. The number of imide groups is 1. The van der Waals surface area contributed by atoms with Gasteiger partial charge >= 0.3 is 6.03 Å². The number of piperidine rings is 1. The Hall–Kier alpha value is -2.64. The van der Waals surface area contributed by atoms with E-state index in [2.05, 4.69) is 10.6 Å². The van der Waals surface area contributed by atoms with Gasteiger partial charge < -0.3 is 15.5 Å². The third kappa shape index (κ3) is 3.55. The minimum atomic E-state index is -0.879. The number of carbonyl (C=O) groups excluding carboxylic acids is 3. The van der Waals surface area contributed by atoms with Crippen molar-refractivity contribution in [2.24, 2.45) is 5.92 Å². The molecule has 0 radical (unpaired) electrons. The van der Waals surface area contributed by atoms with E-state index >= 15 is 0 Å². The Morgan fingerprint density at radius 2 is 2.11 bits per heavy atom. The van der Waals surface area contributed by atoms with Crippen molar-refractivity contribution >= 4 is 23.5 Å². The van der Waals surface area contributed by atoms with E-state index in [1.807, 2.05) is 11.0 Å². The van der Waals surface area contributed by atoms with Crippen LogP contribution in [0.25, 0.3) is 0 Å². The van der Waals surface area contributed by atoms with E-state index in [4.69, 9.17) is 0 Å². The Morgan fingerprint density at radius 3 is 2.82 bits per heavy atom. The van der Waals surface area contributed by atoms with Crippen LogP contribution in [0.5, 0.6) is 0 Å². The molecule has 8 heteroatoms. The normalized spacial score (nSPS) is 27.7. The SMILES string of the molecule is CC1(C2CC2)NC(=O)N(CC(=O)NC2CCCN(c3cccc(F)c3)C2)C1=O. The molecule has 150 valence electrons. The first-order chi connectivity index (χ1) is 13.4. The summed E-state index contributed by atoms with van der Waals surface area (Å²) in [6, 6.07) is 5.79. The molecular formula is C20H25FN4O3. The van der Waals surface area contributed by atoms with Gasteiger partial charge in [-0.05, 0) is 56.7 Å². The summed E-state index contributed by atoms with van der Waals surface area (Å²) < 4.78 is 13.5. The van der Waals surface area contributed by atoms with Gasteiger partial charge in [0.25, 0.3) is 5.91 Å². The van der Waals surface area contributed by atoms with Crippen molar-refractivity contribution in [2.45, 2.75) is 44.2 Å². The van der Waals surface area contributed by atoms with Gasteiger partial charge in [-0.2, -0.15) is 0 Å². The molecule has 2 atom stereocenters. The molecule has 1 aromatic rings. The first-order valence-corrected chi connectivity index (χ1v) is 9.81. The molecule has 2 N–H and O–H groups in total. The number of halogens is 1. The van der Waals surface area contributed by atoms with Crippen LogP contribution < -0.4 is 15.5 Å². The van der Waals surface area contributed by atoms with Crippen LogP contribution in [-0.4, -0.2) is 54.0 Å². The molecule has 3 aliphatic rings. The van der Waals surface area contributed by atoms with Crippen molar-refractivity contribution in [1.29, 1.82) is 0 Å². The number of amides is 4. The zero-order valence-electron chi connectivity index (χ0n) is 15.9. The van der Waals surface area contributed by atoms with E-state index in [1.165, 1.54) is 12.1 Å². The highest BCUT2D eigenvalue weighted by Crippen LogP contribution is 2.42. The molecule has 3 fully saturated rings. The lowest BCUT2D eigenvalue weighted by Gasteiger charge is -2.35. The van der Waals surface area contributed by atoms with E-state index in [1.54, 1.807) is 13.0 Å². The van der Waals surface area contributed by atoms with E-state index < -0.39 is 11.6 Å². The number of hydrogen-bond acceptors (Lipinski definition) is 4. The predicted octanol–water partition coefficient (Wildman–Crippen LogP) is 1.63. The predicted molar refractivity (Wildman–Crippen MR) is 101 cm³/mol. The van der Waals surface area contributed by atoms with Crippen molar-refractivity contribution < 1.29 is 18.8 Å². The second-order valence-corrected chi connectivity index (χ2v) is 8.13. The van der Waals surface area contributed by atoms with Crippen molar-refractivity contribution in [2.75, 3.05) is 24.5 Å². The van der Waals surface area contributed by atoms with Crippen LogP contribution in [-0.2, 0) is 9.59 Å². The quantitative estimate of drug-likeness (QED) is 0.752. The average molecular weight is 388 g/mol. The molecule has 1 aromatic carbocycles. The second-order valence-electron chi connectivity index (χ2n) is 8.13. The highest BCUT2D eigenvalue weighted by molar-refractivity contribution is 6.09. The Bertz CT molecular complexity index is 812. The molecule has 1 aliphatic carbocycles. The fourth-order valence-corrected chi connectivity index (χ4v) is 4.22. The standard InChI is InChI=1S/C20H25FN4O3/c1-20(13-7-8-13)18(27)25(19(28)23-20)12-17(26)22-15-5-3-9-24(11-15)16-6-2-4-14(21)10-16/h2,4,6,10,13,15H,3,5,7-9,11-12H2,1H3,(H,22,26)(H,23,28). The number of nitrogens with zero attached hydrogens (tertiary/aromatic N) is 2. The smallest absolute Gasteiger partial charge is 0.325 e. The highest BCUT2D eigenvalue weighted by atomic mass is 19.1. The maximum Gasteiger partial charge on any atom is 0.325 e. The topological polar surface area (TPSA) is 81.8 Å². The lowest BCUT2D eigenvalue weighted by molar-refractivity contribution is -0.135. The zero-order valence-corrected chi connectivity index (χ0v) is 15.9. The van der Waals surface area contributed by atoms with E-state index in [9.17, 15) is 18.8 Å². The van der Waals surface area contributed by atoms with Gasteiger partial charge in [-0.3, -0.25) is 14.5 Å². The molecule has 2 heterocycles. The fourth-order valence-electron chi connectivity index (χ4n) is 4.22. The molecule has 0 bridgehead atoms. The van der Waals surface area contributed by atoms with Crippen LogP contribution in [0.15, 0.2) is 24.3 Å². The molecule has 2 unspecified atom stereocenters. The van der Waals surface area contributed by atoms with Gasteiger partial charge in [0.1, 0.15) is 17.9 Å². The van der Waals surface area contributed by atoms with Crippen LogP contribution in [0.4, 0.5) is 14.9 Å². The third-order valence-corrected chi connectivity index (χ3v) is 5.96. The number of urea groups is 1. The fraction of sp³-hybridized carbons (Fsp3) is 0.550. The van der Waals surface area contributed by atoms with Crippen LogP contribution in [0.1, 0.15) is 32.6 Å². The molecule has 4 amide bonds. The summed E-state index contributed by atoms with van der Waals surface area (Å²) in [5, 5.41) is 5.67. The summed E-state index contributed by atoms with van der Waals surface area (Å²) in [5.74, 6) is -0.800. The number of nitrogens with one attached hydrogen (secondary N) is 2. The Morgan fingerprint density at radius 1 is 1.32 bits per heavy atom. The minimum Gasteiger partial charge on any atom is -0.369 e. The zero-order chi connectivity index (χ0) is 19.9. The number of rotatable bonds is 5. The summed E-state index contributed by atoms with van der Waals surface area (Å²) in [5.41, 5.74) is -0.0932. The molecule has 7 nitrogen and oxygen atoms in total. The number of anilines is 1. The minimum absolute atomic E-state index is 0.111. The van der Waals surface area contributed by atoms with Gasteiger partial charge in [-0.15, -0.1) is 0 Å². The van der Waals surface area contributed by atoms with Crippen LogP contribution in [0.2, 0.25) is 0 Å². The van der Waals surface area contributed by atoms with Gasteiger partial charge in [-0.25, -0.2) is 9.18 Å². The highest BCUT2D eigenvalue weighted by Gasteiger charge is 2.56. The largest absolute Gasteiger partial charge is 0.369 e. The molecule has 2 saturated heterocycles. The van der Waals surface area contributed by atoms with Crippen LogP contribution >= 0.6 is 0 Å². The number of carbonyl (C=O) groups is 3. The Labute approximate surface area is 163 Å². The summed E-state index contributed by atoms with van der Waals surface area (Å²) in [6.07, 6.45) is 3.50. The number of hydrogen-bond donors (Lipinski definition) is 2. The molecular weight excluding hydrogens is 363 g/mol. The summed E-state index contributed by atoms with van der Waals surface area (Å²) in [4.78, 5) is 40.4. The maximum absolute atomic E-state index is 13.5. The first kappa shape index (κ1) is 18.7. The van der Waals surface area contributed by atoms with Gasteiger partial charge in [0.2, 0.25) is 5.91 Å². The Balaban J connectivity index is 1.35. The first-order valence-electron chi connectivity index (χ1n) is 9.81. The maximum atomic E-state index is 13.5. The number of benzene rings is 1. The van der Waals surface area contributed by atoms with Crippen molar-refractivity contribution in [3.8, 4) is 0 Å². The molecule has 0 aromatic heterocycles. The summed E-state index contributed by atoms with van der Waals surface area (Å²) in [7, 11) is 0. The molecule has 28 heavy (non-hydrogen) atoms. The monoisotopic (exact) mass is 388 g/mol. The Kier molecular flexibility index (Phi) is 4.72. The third-order valence-electron chi connectivity index (χ3n) is 5.96. The van der Waals surface area contributed by atoms with E-state index in [0.29, 0.717) is 6.54 Å². The molecule has 1 saturated carbocycles. The van der Waals surface area contributed by atoms with Gasteiger partial charge in [-0.1, -0.05) is 6.07 Å². The van der Waals surface area contributed by atoms with Crippen molar-refractivity contribution in [3.05, 3.63) is 30.1 Å². The second kappa shape index (κ2) is 7.07. The van der Waals surface area contributed by atoms with Gasteiger partial charge in [0, 0.05) is 24.8 Å². The molecule has 0 spiro atoms. The average Bonchev–Trinajstić information content (AvgIpc) is 3.48. The molecule has 2 aliphatic heterocycles. The van der Waals surface area contributed by atoms with Crippen LogP contribution in [0, 0.1) is 11.7 Å². The van der Waals surface area contributed by atoms with E-state index in [0.717, 1.165) is 42.8 Å². The lowest BCUT2D eigenvalue weighted by atomic mass is 9.96. The summed E-state index contributed by atoms with van der Waals surface area (Å²) >= 11 is 0. The van der Waals surface area contributed by atoms with Gasteiger partial charge in [0.05, 0.1) is 0 Å². The summed E-state index contributed by atoms with van der Waals surface area (Å²) in [6.45, 7) is 2.82. The van der Waals surface area contributed by atoms with Crippen molar-refractivity contribution in [1.82, 2.24) is 15.5 Å². The van der Waals surface area contributed by atoms with Crippen LogP contribution in [0.3, 0.4) is 0 Å². The molecule has 4 rings (SSSR count).